The number of benzene rings is 1. The maximum atomic E-state index is 5.70. The van der Waals surface area contributed by atoms with E-state index in [1.54, 1.807) is 7.11 Å². The number of ether oxygens (including phenoxy) is 1. The van der Waals surface area contributed by atoms with Crippen molar-refractivity contribution in [2.24, 2.45) is 5.73 Å². The van der Waals surface area contributed by atoms with Gasteiger partial charge in [-0.1, -0.05) is 6.07 Å². The number of rotatable bonds is 6. The van der Waals surface area contributed by atoms with Crippen LogP contribution in [0.3, 0.4) is 0 Å². The zero-order valence-corrected chi connectivity index (χ0v) is 11.2. The Labute approximate surface area is 112 Å². The number of aromatic nitrogens is 3. The van der Waals surface area contributed by atoms with Gasteiger partial charge in [0.1, 0.15) is 11.6 Å². The molecule has 1 atom stereocenters. The summed E-state index contributed by atoms with van der Waals surface area (Å²) in [7, 11) is 1.66. The van der Waals surface area contributed by atoms with Gasteiger partial charge >= 0.3 is 0 Å². The molecule has 0 aliphatic carbocycles. The fourth-order valence-electron chi connectivity index (χ4n) is 1.68. The van der Waals surface area contributed by atoms with Crippen molar-refractivity contribution in [1.29, 1.82) is 0 Å². The Balaban J connectivity index is 1.85. The molecule has 0 saturated heterocycles. The van der Waals surface area contributed by atoms with Crippen LogP contribution < -0.4 is 15.8 Å². The smallest absolute Gasteiger partial charge is 0.167 e. The molecule has 0 amide bonds. The SMILES string of the molecule is COc1cccc(NCCc2nc([C@@H](C)N)n[nH]2)c1. The van der Waals surface area contributed by atoms with Gasteiger partial charge in [0, 0.05) is 24.7 Å². The minimum atomic E-state index is -0.142. The Morgan fingerprint density at radius 1 is 1.47 bits per heavy atom. The molecular formula is C13H19N5O. The van der Waals surface area contributed by atoms with E-state index in [2.05, 4.69) is 20.5 Å². The van der Waals surface area contributed by atoms with Crippen LogP contribution in [0.1, 0.15) is 24.6 Å². The molecule has 6 nitrogen and oxygen atoms in total. The van der Waals surface area contributed by atoms with Crippen molar-refractivity contribution in [3.8, 4) is 5.75 Å². The summed E-state index contributed by atoms with van der Waals surface area (Å²) in [5, 5.41) is 10.3. The summed E-state index contributed by atoms with van der Waals surface area (Å²) in [5.41, 5.74) is 6.72. The molecule has 102 valence electrons. The lowest BCUT2D eigenvalue weighted by molar-refractivity contribution is 0.415. The second-order valence-electron chi connectivity index (χ2n) is 4.34. The third-order valence-electron chi connectivity index (χ3n) is 2.72. The van der Waals surface area contributed by atoms with Gasteiger partial charge in [0.15, 0.2) is 5.82 Å². The van der Waals surface area contributed by atoms with Crippen molar-refractivity contribution >= 4 is 5.69 Å². The zero-order chi connectivity index (χ0) is 13.7. The van der Waals surface area contributed by atoms with Gasteiger partial charge in [0.25, 0.3) is 0 Å². The molecule has 1 aromatic carbocycles. The van der Waals surface area contributed by atoms with E-state index < -0.39 is 0 Å². The monoisotopic (exact) mass is 261 g/mol. The molecule has 4 N–H and O–H groups in total. The molecule has 0 fully saturated rings. The summed E-state index contributed by atoms with van der Waals surface area (Å²) in [4.78, 5) is 4.32. The van der Waals surface area contributed by atoms with Gasteiger partial charge in [-0.05, 0) is 19.1 Å². The first-order chi connectivity index (χ1) is 9.19. The highest BCUT2D eigenvalue weighted by Gasteiger charge is 2.06. The fourth-order valence-corrected chi connectivity index (χ4v) is 1.68. The summed E-state index contributed by atoms with van der Waals surface area (Å²) < 4.78 is 5.17. The van der Waals surface area contributed by atoms with Crippen molar-refractivity contribution < 1.29 is 4.74 Å². The highest BCUT2D eigenvalue weighted by molar-refractivity contribution is 5.48. The predicted octanol–water partition coefficient (Wildman–Crippen LogP) is 1.49. The molecule has 6 heteroatoms. The third-order valence-corrected chi connectivity index (χ3v) is 2.72. The van der Waals surface area contributed by atoms with E-state index in [0.29, 0.717) is 5.82 Å². The van der Waals surface area contributed by atoms with Gasteiger partial charge in [-0.15, -0.1) is 0 Å². The van der Waals surface area contributed by atoms with E-state index in [1.807, 2.05) is 31.2 Å². The van der Waals surface area contributed by atoms with Crippen LogP contribution in [-0.4, -0.2) is 28.8 Å². The highest BCUT2D eigenvalue weighted by atomic mass is 16.5. The Hall–Kier alpha value is -2.08. The molecule has 0 spiro atoms. The molecule has 0 saturated carbocycles. The van der Waals surface area contributed by atoms with E-state index in [-0.39, 0.29) is 6.04 Å². The largest absolute Gasteiger partial charge is 0.497 e. The summed E-state index contributed by atoms with van der Waals surface area (Å²) in [5.74, 6) is 2.32. The van der Waals surface area contributed by atoms with Crippen LogP contribution in [0.2, 0.25) is 0 Å². The lowest BCUT2D eigenvalue weighted by atomic mass is 10.3. The molecular weight excluding hydrogens is 242 g/mol. The van der Waals surface area contributed by atoms with Crippen molar-refractivity contribution in [3.63, 3.8) is 0 Å². The first-order valence-electron chi connectivity index (χ1n) is 6.23. The number of hydrogen-bond acceptors (Lipinski definition) is 5. The van der Waals surface area contributed by atoms with E-state index >= 15 is 0 Å². The van der Waals surface area contributed by atoms with Crippen LogP contribution >= 0.6 is 0 Å². The van der Waals surface area contributed by atoms with Gasteiger partial charge in [0.05, 0.1) is 13.2 Å². The van der Waals surface area contributed by atoms with Gasteiger partial charge in [-0.2, -0.15) is 5.10 Å². The molecule has 1 heterocycles. The van der Waals surface area contributed by atoms with Crippen LogP contribution in [0.25, 0.3) is 0 Å². The van der Waals surface area contributed by atoms with Gasteiger partial charge < -0.3 is 15.8 Å². The minimum Gasteiger partial charge on any atom is -0.497 e. The number of methoxy groups -OCH3 is 1. The number of aromatic amines is 1. The van der Waals surface area contributed by atoms with Crippen molar-refractivity contribution in [3.05, 3.63) is 35.9 Å². The molecule has 0 bridgehead atoms. The fraction of sp³-hybridized carbons (Fsp3) is 0.385. The van der Waals surface area contributed by atoms with Crippen LogP contribution in [0.4, 0.5) is 5.69 Å². The van der Waals surface area contributed by atoms with E-state index in [1.165, 1.54) is 0 Å². The van der Waals surface area contributed by atoms with Gasteiger partial charge in [-0.25, -0.2) is 4.98 Å². The molecule has 0 unspecified atom stereocenters. The van der Waals surface area contributed by atoms with E-state index in [4.69, 9.17) is 10.5 Å². The molecule has 2 aromatic rings. The number of nitrogens with zero attached hydrogens (tertiary/aromatic N) is 2. The van der Waals surface area contributed by atoms with Crippen LogP contribution in [-0.2, 0) is 6.42 Å². The standard InChI is InChI=1S/C13H19N5O/c1-9(14)13-16-12(17-18-13)6-7-15-10-4-3-5-11(8-10)19-2/h3-5,8-9,15H,6-7,14H2,1-2H3,(H,16,17,18)/t9-/m1/s1. The molecule has 0 aliphatic heterocycles. The first kappa shape index (κ1) is 13.4. The van der Waals surface area contributed by atoms with E-state index in [0.717, 1.165) is 30.2 Å². The second kappa shape index (κ2) is 6.19. The molecule has 19 heavy (non-hydrogen) atoms. The lowest BCUT2D eigenvalue weighted by Crippen LogP contribution is -2.08. The normalized spacial score (nSPS) is 12.2. The summed E-state index contributed by atoms with van der Waals surface area (Å²) in [6.07, 6.45) is 0.761. The average molecular weight is 261 g/mol. The highest BCUT2D eigenvalue weighted by Crippen LogP contribution is 2.16. The van der Waals surface area contributed by atoms with Crippen molar-refractivity contribution in [2.45, 2.75) is 19.4 Å². The molecule has 0 radical (unpaired) electrons. The summed E-state index contributed by atoms with van der Waals surface area (Å²) >= 11 is 0. The van der Waals surface area contributed by atoms with Gasteiger partial charge in [-0.3, -0.25) is 5.10 Å². The topological polar surface area (TPSA) is 88.8 Å². The number of nitrogens with two attached hydrogens (primary N) is 1. The van der Waals surface area contributed by atoms with Crippen molar-refractivity contribution in [1.82, 2.24) is 15.2 Å². The summed E-state index contributed by atoms with van der Waals surface area (Å²) in [6, 6.07) is 7.67. The second-order valence-corrected chi connectivity index (χ2v) is 4.34. The Kier molecular flexibility index (Phi) is 4.35. The number of nitrogens with one attached hydrogen (secondary N) is 2. The number of anilines is 1. The maximum absolute atomic E-state index is 5.70. The Morgan fingerprint density at radius 2 is 2.32 bits per heavy atom. The maximum Gasteiger partial charge on any atom is 0.167 e. The van der Waals surface area contributed by atoms with Crippen molar-refractivity contribution in [2.75, 3.05) is 19.0 Å². The molecule has 1 aromatic heterocycles. The molecule has 0 aliphatic rings. The Bertz CT molecular complexity index is 523. The number of hydrogen-bond donors (Lipinski definition) is 3. The third kappa shape index (κ3) is 3.69. The van der Waals surface area contributed by atoms with Crippen LogP contribution in [0.5, 0.6) is 5.75 Å². The van der Waals surface area contributed by atoms with Crippen LogP contribution in [0.15, 0.2) is 24.3 Å². The summed E-state index contributed by atoms with van der Waals surface area (Å²) in [6.45, 7) is 2.63. The zero-order valence-electron chi connectivity index (χ0n) is 11.2. The minimum absolute atomic E-state index is 0.142. The molecule has 2 rings (SSSR count). The lowest BCUT2D eigenvalue weighted by Gasteiger charge is -2.06. The van der Waals surface area contributed by atoms with E-state index in [9.17, 15) is 0 Å². The van der Waals surface area contributed by atoms with Gasteiger partial charge in [0.2, 0.25) is 0 Å². The average Bonchev–Trinajstić information content (AvgIpc) is 2.88. The predicted molar refractivity (Wildman–Crippen MR) is 74.2 cm³/mol. The first-order valence-corrected chi connectivity index (χ1v) is 6.23. The quantitative estimate of drug-likeness (QED) is 0.733. The Morgan fingerprint density at radius 3 is 3.00 bits per heavy atom. The number of H-pyrrole nitrogens is 1. The van der Waals surface area contributed by atoms with Crippen LogP contribution in [0, 0.1) is 0 Å².